The predicted octanol–water partition coefficient (Wildman–Crippen LogP) is 6.14. The SMILES string of the molecule is COc1ccc(-c2[nH]c3ccc(C4CCN(C(=O)CNC5CCC(N(C)C)CC5)CC4)cc3c2C(C)C)cc1OC. The van der Waals surface area contributed by atoms with E-state index in [1.165, 1.54) is 29.4 Å². The smallest absolute Gasteiger partial charge is 0.236 e. The fourth-order valence-electron chi connectivity index (χ4n) is 6.91. The van der Waals surface area contributed by atoms with E-state index in [9.17, 15) is 4.79 Å². The van der Waals surface area contributed by atoms with Gasteiger partial charge in [-0.3, -0.25) is 4.79 Å². The van der Waals surface area contributed by atoms with Gasteiger partial charge in [0.25, 0.3) is 0 Å². The number of aromatic amines is 1. The van der Waals surface area contributed by atoms with Crippen molar-refractivity contribution in [3.63, 3.8) is 0 Å². The van der Waals surface area contributed by atoms with Crippen molar-refractivity contribution in [2.75, 3.05) is 47.9 Å². The van der Waals surface area contributed by atoms with Gasteiger partial charge in [0.05, 0.1) is 26.5 Å². The molecule has 5 rings (SSSR count). The lowest BCUT2D eigenvalue weighted by Crippen LogP contribution is -2.46. The highest BCUT2D eigenvalue weighted by molar-refractivity contribution is 5.92. The van der Waals surface area contributed by atoms with Crippen LogP contribution in [0.3, 0.4) is 0 Å². The van der Waals surface area contributed by atoms with Crippen molar-refractivity contribution in [2.45, 2.75) is 76.3 Å². The number of amides is 1. The summed E-state index contributed by atoms with van der Waals surface area (Å²) in [5, 5.41) is 4.85. The van der Waals surface area contributed by atoms with Gasteiger partial charge in [0.15, 0.2) is 11.5 Å². The molecule has 1 aliphatic heterocycles. The minimum atomic E-state index is 0.251. The van der Waals surface area contributed by atoms with Gasteiger partial charge in [-0.2, -0.15) is 0 Å². The third-order valence-corrected chi connectivity index (χ3v) is 9.40. The average molecular weight is 561 g/mol. The topological polar surface area (TPSA) is 69.8 Å². The zero-order chi connectivity index (χ0) is 29.1. The van der Waals surface area contributed by atoms with Crippen LogP contribution in [0.15, 0.2) is 36.4 Å². The molecule has 1 saturated heterocycles. The van der Waals surface area contributed by atoms with Crippen molar-refractivity contribution in [3.8, 4) is 22.8 Å². The van der Waals surface area contributed by atoms with Crippen molar-refractivity contribution in [1.29, 1.82) is 0 Å². The van der Waals surface area contributed by atoms with Crippen LogP contribution in [0.2, 0.25) is 0 Å². The van der Waals surface area contributed by atoms with Crippen LogP contribution in [0.5, 0.6) is 11.5 Å². The molecule has 1 aromatic heterocycles. The quantitative estimate of drug-likeness (QED) is 0.329. The highest BCUT2D eigenvalue weighted by Crippen LogP contribution is 2.40. The average Bonchev–Trinajstić information content (AvgIpc) is 3.39. The first-order chi connectivity index (χ1) is 19.8. The van der Waals surface area contributed by atoms with Gasteiger partial charge in [-0.1, -0.05) is 19.9 Å². The zero-order valence-corrected chi connectivity index (χ0v) is 25.8. The van der Waals surface area contributed by atoms with Crippen molar-refractivity contribution in [2.24, 2.45) is 0 Å². The number of nitrogens with zero attached hydrogens (tertiary/aromatic N) is 2. The molecule has 0 spiro atoms. The summed E-state index contributed by atoms with van der Waals surface area (Å²) in [6, 6.07) is 14.2. The Morgan fingerprint density at radius 1 is 0.976 bits per heavy atom. The van der Waals surface area contributed by atoms with E-state index in [0.29, 0.717) is 30.5 Å². The predicted molar refractivity (Wildman–Crippen MR) is 167 cm³/mol. The van der Waals surface area contributed by atoms with E-state index < -0.39 is 0 Å². The lowest BCUT2D eigenvalue weighted by atomic mass is 9.87. The fraction of sp³-hybridized carbons (Fsp3) is 0.559. The number of piperidine rings is 1. The van der Waals surface area contributed by atoms with E-state index in [1.807, 2.05) is 12.1 Å². The lowest BCUT2D eigenvalue weighted by molar-refractivity contribution is -0.131. The summed E-state index contributed by atoms with van der Waals surface area (Å²) in [5.41, 5.74) is 6.08. The third kappa shape index (κ3) is 6.41. The maximum atomic E-state index is 13.0. The summed E-state index contributed by atoms with van der Waals surface area (Å²) in [6.07, 6.45) is 6.76. The molecule has 7 nitrogen and oxygen atoms in total. The Labute approximate surface area is 245 Å². The second-order valence-corrected chi connectivity index (χ2v) is 12.4. The van der Waals surface area contributed by atoms with Gasteiger partial charge in [-0.25, -0.2) is 0 Å². The van der Waals surface area contributed by atoms with Gasteiger partial charge in [-0.15, -0.1) is 0 Å². The summed E-state index contributed by atoms with van der Waals surface area (Å²) < 4.78 is 11.0. The Morgan fingerprint density at radius 2 is 1.68 bits per heavy atom. The fourth-order valence-corrected chi connectivity index (χ4v) is 6.91. The normalized spacial score (nSPS) is 20.2. The van der Waals surface area contributed by atoms with Gasteiger partial charge < -0.3 is 29.6 Å². The Hall–Kier alpha value is -3.03. The first-order valence-corrected chi connectivity index (χ1v) is 15.3. The molecule has 0 radical (unpaired) electrons. The van der Waals surface area contributed by atoms with Crippen molar-refractivity contribution >= 4 is 16.8 Å². The number of hydrogen-bond acceptors (Lipinski definition) is 5. The van der Waals surface area contributed by atoms with Gasteiger partial charge in [-0.05, 0) is 106 Å². The van der Waals surface area contributed by atoms with E-state index in [1.54, 1.807) is 14.2 Å². The molecule has 7 heteroatoms. The maximum Gasteiger partial charge on any atom is 0.236 e. The Bertz CT molecular complexity index is 1330. The standard InChI is InChI=1S/C34H48N4O3/c1-22(2)33-28-19-24(7-13-29(28)36-34(33)25-8-14-30(40-5)31(20-25)41-6)23-15-17-38(18-16-23)32(39)21-35-26-9-11-27(12-10-26)37(3)4/h7-8,13-14,19-20,22-23,26-27,35-36H,9-12,15-18,21H2,1-6H3. The number of nitrogens with one attached hydrogen (secondary N) is 2. The summed E-state index contributed by atoms with van der Waals surface area (Å²) in [5.74, 6) is 2.53. The Morgan fingerprint density at radius 3 is 2.32 bits per heavy atom. The molecule has 0 atom stereocenters. The molecule has 2 aliphatic rings. The van der Waals surface area contributed by atoms with E-state index in [4.69, 9.17) is 9.47 Å². The van der Waals surface area contributed by atoms with Crippen LogP contribution in [-0.4, -0.2) is 80.7 Å². The number of aromatic nitrogens is 1. The van der Waals surface area contributed by atoms with Gasteiger partial charge >= 0.3 is 0 Å². The molecule has 3 aromatic rings. The minimum absolute atomic E-state index is 0.251. The highest BCUT2D eigenvalue weighted by Gasteiger charge is 2.27. The van der Waals surface area contributed by atoms with E-state index in [0.717, 1.165) is 67.0 Å². The molecule has 1 aliphatic carbocycles. The number of carbonyl (C=O) groups is 1. The third-order valence-electron chi connectivity index (χ3n) is 9.40. The number of ether oxygens (including phenoxy) is 2. The summed E-state index contributed by atoms with van der Waals surface area (Å²) in [7, 11) is 7.68. The molecular weight excluding hydrogens is 512 g/mol. The maximum absolute atomic E-state index is 13.0. The molecule has 0 bridgehead atoms. The van der Waals surface area contributed by atoms with Gasteiger partial charge in [0.2, 0.25) is 5.91 Å². The summed E-state index contributed by atoms with van der Waals surface area (Å²) in [4.78, 5) is 21.1. The van der Waals surface area contributed by atoms with E-state index in [-0.39, 0.29) is 5.91 Å². The molecule has 1 saturated carbocycles. The molecular formula is C34H48N4O3. The second-order valence-electron chi connectivity index (χ2n) is 12.4. The van der Waals surface area contributed by atoms with Crippen LogP contribution >= 0.6 is 0 Å². The minimum Gasteiger partial charge on any atom is -0.493 e. The van der Waals surface area contributed by atoms with E-state index in [2.05, 4.69) is 72.3 Å². The van der Waals surface area contributed by atoms with Crippen molar-refractivity contribution in [1.82, 2.24) is 20.1 Å². The number of hydrogen-bond donors (Lipinski definition) is 2. The number of H-pyrrole nitrogens is 1. The van der Waals surface area contributed by atoms with Crippen LogP contribution in [0.25, 0.3) is 22.2 Å². The lowest BCUT2D eigenvalue weighted by Gasteiger charge is -2.35. The summed E-state index contributed by atoms with van der Waals surface area (Å²) in [6.45, 7) is 6.64. The highest BCUT2D eigenvalue weighted by atomic mass is 16.5. The number of carbonyl (C=O) groups excluding carboxylic acids is 1. The molecule has 2 fully saturated rings. The molecule has 0 unspecified atom stereocenters. The molecule has 2 heterocycles. The van der Waals surface area contributed by atoms with Crippen molar-refractivity contribution in [3.05, 3.63) is 47.5 Å². The second kappa shape index (κ2) is 12.9. The van der Waals surface area contributed by atoms with Crippen LogP contribution in [0.4, 0.5) is 0 Å². The van der Waals surface area contributed by atoms with Gasteiger partial charge in [0.1, 0.15) is 0 Å². The zero-order valence-electron chi connectivity index (χ0n) is 25.8. The summed E-state index contributed by atoms with van der Waals surface area (Å²) >= 11 is 0. The number of benzene rings is 2. The number of likely N-dealkylation sites (tertiary alicyclic amines) is 1. The van der Waals surface area contributed by atoms with E-state index >= 15 is 0 Å². The molecule has 41 heavy (non-hydrogen) atoms. The Kier molecular flexibility index (Phi) is 9.25. The molecule has 1 amide bonds. The first-order valence-electron chi connectivity index (χ1n) is 15.3. The first kappa shape index (κ1) is 29.5. The molecule has 2 N–H and O–H groups in total. The van der Waals surface area contributed by atoms with Crippen LogP contribution in [0, 0.1) is 0 Å². The van der Waals surface area contributed by atoms with Crippen LogP contribution in [0.1, 0.15) is 75.3 Å². The van der Waals surface area contributed by atoms with Gasteiger partial charge in [0, 0.05) is 41.6 Å². The van der Waals surface area contributed by atoms with Crippen LogP contribution < -0.4 is 14.8 Å². The number of rotatable bonds is 9. The van der Waals surface area contributed by atoms with Crippen LogP contribution in [-0.2, 0) is 4.79 Å². The van der Waals surface area contributed by atoms with Crippen molar-refractivity contribution < 1.29 is 14.3 Å². The number of fused-ring (bicyclic) bond motifs is 1. The Balaban J connectivity index is 1.24. The number of methoxy groups -OCH3 is 2. The monoisotopic (exact) mass is 560 g/mol. The largest absolute Gasteiger partial charge is 0.493 e. The molecule has 2 aromatic carbocycles. The molecule has 222 valence electrons.